The van der Waals surface area contributed by atoms with Gasteiger partial charge in [-0.05, 0) is 43.7 Å². The van der Waals surface area contributed by atoms with Gasteiger partial charge in [-0.25, -0.2) is 8.42 Å². The number of anilines is 2. The minimum atomic E-state index is -3.39. The molecule has 2 atom stereocenters. The number of nitrogens with zero attached hydrogens (tertiary/aromatic N) is 1. The van der Waals surface area contributed by atoms with Crippen molar-refractivity contribution < 1.29 is 22.7 Å². The molecular formula is C22H27N3O5S. The van der Waals surface area contributed by atoms with Crippen LogP contribution in [0.2, 0.25) is 0 Å². The summed E-state index contributed by atoms with van der Waals surface area (Å²) >= 11 is 0. The zero-order valence-corrected chi connectivity index (χ0v) is 18.6. The Morgan fingerprint density at radius 3 is 2.68 bits per heavy atom. The van der Waals surface area contributed by atoms with Gasteiger partial charge in [0.2, 0.25) is 21.8 Å². The van der Waals surface area contributed by atoms with Crippen molar-refractivity contribution in [1.29, 1.82) is 0 Å². The molecule has 0 radical (unpaired) electrons. The van der Waals surface area contributed by atoms with Gasteiger partial charge in [-0.1, -0.05) is 24.3 Å². The van der Waals surface area contributed by atoms with Crippen LogP contribution in [0.3, 0.4) is 0 Å². The first-order valence-corrected chi connectivity index (χ1v) is 12.0. The van der Waals surface area contributed by atoms with Crippen LogP contribution in [0.5, 0.6) is 5.75 Å². The molecule has 3 rings (SSSR count). The Kier molecular flexibility index (Phi) is 6.84. The van der Waals surface area contributed by atoms with E-state index in [1.54, 1.807) is 29.2 Å². The second-order valence-corrected chi connectivity index (χ2v) is 9.28. The minimum Gasteiger partial charge on any atom is -0.492 e. The van der Waals surface area contributed by atoms with Crippen molar-refractivity contribution in [2.75, 3.05) is 29.0 Å². The number of rotatable bonds is 8. The first kappa shape index (κ1) is 22.6. The average molecular weight is 446 g/mol. The standard InChI is InChI=1S/C22H27N3O5S/c1-4-30-20-11-6-5-10-19(20)25-14-17(13-21(25)26)22(27)23-15(2)16-8-7-9-18(12-16)24-31(3,28)29/h5-12,15,17,24H,4,13-14H2,1-3H3,(H,23,27). The van der Waals surface area contributed by atoms with Crippen molar-refractivity contribution >= 4 is 33.2 Å². The zero-order chi connectivity index (χ0) is 22.6. The predicted octanol–water partition coefficient (Wildman–Crippen LogP) is 2.69. The van der Waals surface area contributed by atoms with E-state index in [0.29, 0.717) is 23.7 Å². The molecule has 0 saturated carbocycles. The molecular weight excluding hydrogens is 418 g/mol. The van der Waals surface area contributed by atoms with E-state index < -0.39 is 15.9 Å². The third-order valence-corrected chi connectivity index (χ3v) is 5.61. The van der Waals surface area contributed by atoms with Gasteiger partial charge in [-0.15, -0.1) is 0 Å². The number of sulfonamides is 1. The summed E-state index contributed by atoms with van der Waals surface area (Å²) in [5.41, 5.74) is 1.85. The Balaban J connectivity index is 1.68. The van der Waals surface area contributed by atoms with E-state index in [9.17, 15) is 18.0 Å². The Hall–Kier alpha value is -3.07. The third kappa shape index (κ3) is 5.75. The summed E-state index contributed by atoms with van der Waals surface area (Å²) in [7, 11) is -3.39. The van der Waals surface area contributed by atoms with Crippen LogP contribution in [-0.4, -0.2) is 39.6 Å². The maximum absolute atomic E-state index is 12.8. The highest BCUT2D eigenvalue weighted by atomic mass is 32.2. The van der Waals surface area contributed by atoms with Gasteiger partial charge in [0.1, 0.15) is 5.75 Å². The summed E-state index contributed by atoms with van der Waals surface area (Å²) in [4.78, 5) is 27.0. The topological polar surface area (TPSA) is 105 Å². The number of carbonyl (C=O) groups is 2. The van der Waals surface area contributed by atoms with Crippen molar-refractivity contribution in [2.24, 2.45) is 5.92 Å². The molecule has 9 heteroatoms. The lowest BCUT2D eigenvalue weighted by molar-refractivity contribution is -0.126. The van der Waals surface area contributed by atoms with Gasteiger partial charge in [-0.3, -0.25) is 14.3 Å². The van der Waals surface area contributed by atoms with Crippen LogP contribution in [0.15, 0.2) is 48.5 Å². The van der Waals surface area contributed by atoms with E-state index in [4.69, 9.17) is 4.74 Å². The number of amides is 2. The van der Waals surface area contributed by atoms with Crippen molar-refractivity contribution in [3.8, 4) is 5.75 Å². The fourth-order valence-corrected chi connectivity index (χ4v) is 4.13. The molecule has 1 fully saturated rings. The second kappa shape index (κ2) is 9.38. The smallest absolute Gasteiger partial charge is 0.229 e. The van der Waals surface area contributed by atoms with Gasteiger partial charge in [0.05, 0.1) is 30.5 Å². The van der Waals surface area contributed by atoms with Crippen LogP contribution < -0.4 is 19.7 Å². The fraction of sp³-hybridized carbons (Fsp3) is 0.364. The maximum Gasteiger partial charge on any atom is 0.229 e. The maximum atomic E-state index is 12.8. The summed E-state index contributed by atoms with van der Waals surface area (Å²) in [6.07, 6.45) is 1.20. The van der Waals surface area contributed by atoms with Crippen LogP contribution in [0.25, 0.3) is 0 Å². The summed E-state index contributed by atoms with van der Waals surface area (Å²) < 4.78 is 30.9. The first-order valence-electron chi connectivity index (χ1n) is 10.1. The van der Waals surface area contributed by atoms with Crippen LogP contribution in [0.4, 0.5) is 11.4 Å². The van der Waals surface area contributed by atoms with Crippen molar-refractivity contribution in [1.82, 2.24) is 5.32 Å². The highest BCUT2D eigenvalue weighted by molar-refractivity contribution is 7.92. The monoisotopic (exact) mass is 445 g/mol. The molecule has 0 bridgehead atoms. The molecule has 1 saturated heterocycles. The van der Waals surface area contributed by atoms with Crippen molar-refractivity contribution in [2.45, 2.75) is 26.3 Å². The predicted molar refractivity (Wildman–Crippen MR) is 120 cm³/mol. The lowest BCUT2D eigenvalue weighted by atomic mass is 10.0. The molecule has 2 aromatic rings. The zero-order valence-electron chi connectivity index (χ0n) is 17.8. The van der Waals surface area contributed by atoms with Gasteiger partial charge in [0.15, 0.2) is 0 Å². The normalized spacial score (nSPS) is 17.3. The van der Waals surface area contributed by atoms with Crippen LogP contribution in [-0.2, 0) is 19.6 Å². The molecule has 166 valence electrons. The van der Waals surface area contributed by atoms with Crippen LogP contribution in [0.1, 0.15) is 31.9 Å². The Labute approximate surface area is 182 Å². The third-order valence-electron chi connectivity index (χ3n) is 5.00. The number of hydrogen-bond donors (Lipinski definition) is 2. The van der Waals surface area contributed by atoms with Crippen molar-refractivity contribution in [3.05, 3.63) is 54.1 Å². The highest BCUT2D eigenvalue weighted by Crippen LogP contribution is 2.33. The van der Waals surface area contributed by atoms with E-state index in [1.807, 2.05) is 38.1 Å². The highest BCUT2D eigenvalue weighted by Gasteiger charge is 2.36. The molecule has 8 nitrogen and oxygen atoms in total. The summed E-state index contributed by atoms with van der Waals surface area (Å²) in [6, 6.07) is 13.8. The largest absolute Gasteiger partial charge is 0.492 e. The second-order valence-electron chi connectivity index (χ2n) is 7.54. The van der Waals surface area contributed by atoms with E-state index in [0.717, 1.165) is 11.8 Å². The number of hydrogen-bond acceptors (Lipinski definition) is 5. The summed E-state index contributed by atoms with van der Waals surface area (Å²) in [5, 5.41) is 2.93. The van der Waals surface area contributed by atoms with Gasteiger partial charge in [0, 0.05) is 18.7 Å². The Bertz CT molecular complexity index is 1070. The molecule has 0 aliphatic carbocycles. The minimum absolute atomic E-state index is 0.120. The van der Waals surface area contributed by atoms with Gasteiger partial charge >= 0.3 is 0 Å². The molecule has 31 heavy (non-hydrogen) atoms. The van der Waals surface area contributed by atoms with Gasteiger partial charge in [-0.2, -0.15) is 0 Å². The average Bonchev–Trinajstić information content (AvgIpc) is 3.09. The summed E-state index contributed by atoms with van der Waals surface area (Å²) in [6.45, 7) is 4.45. The molecule has 2 aromatic carbocycles. The van der Waals surface area contributed by atoms with E-state index in [2.05, 4.69) is 10.0 Å². The Morgan fingerprint density at radius 2 is 1.97 bits per heavy atom. The lowest BCUT2D eigenvalue weighted by Gasteiger charge is -2.21. The lowest BCUT2D eigenvalue weighted by Crippen LogP contribution is -2.34. The van der Waals surface area contributed by atoms with Gasteiger partial charge in [0.25, 0.3) is 0 Å². The van der Waals surface area contributed by atoms with Crippen LogP contribution in [0, 0.1) is 5.92 Å². The molecule has 0 aromatic heterocycles. The first-order chi connectivity index (χ1) is 14.7. The van der Waals surface area contributed by atoms with E-state index in [-0.39, 0.29) is 30.8 Å². The number of carbonyl (C=O) groups excluding carboxylic acids is 2. The number of ether oxygens (including phenoxy) is 1. The number of benzene rings is 2. The molecule has 1 aliphatic heterocycles. The molecule has 0 spiro atoms. The molecule has 1 aliphatic rings. The molecule has 2 amide bonds. The fourth-order valence-electron chi connectivity index (χ4n) is 3.57. The number of nitrogens with one attached hydrogen (secondary N) is 2. The Morgan fingerprint density at radius 1 is 1.23 bits per heavy atom. The quantitative estimate of drug-likeness (QED) is 0.650. The SMILES string of the molecule is CCOc1ccccc1N1CC(C(=O)NC(C)c2cccc(NS(C)(=O)=O)c2)CC1=O. The van der Waals surface area contributed by atoms with Gasteiger partial charge < -0.3 is 15.0 Å². The van der Waals surface area contributed by atoms with E-state index in [1.165, 1.54) is 0 Å². The molecule has 1 heterocycles. The molecule has 2 unspecified atom stereocenters. The van der Waals surface area contributed by atoms with Crippen molar-refractivity contribution in [3.63, 3.8) is 0 Å². The van der Waals surface area contributed by atoms with Crippen LogP contribution >= 0.6 is 0 Å². The van der Waals surface area contributed by atoms with E-state index >= 15 is 0 Å². The number of para-hydroxylation sites is 2. The molecule has 2 N–H and O–H groups in total. The summed E-state index contributed by atoms with van der Waals surface area (Å²) in [5.74, 6) is -0.219.